The zero-order valence-corrected chi connectivity index (χ0v) is 25.2. The molecule has 1 aliphatic rings. The van der Waals surface area contributed by atoms with Crippen LogP contribution in [0.15, 0.2) is 18.3 Å². The van der Waals surface area contributed by atoms with E-state index in [2.05, 4.69) is 30.8 Å². The van der Waals surface area contributed by atoms with Crippen LogP contribution in [0.25, 0.3) is 0 Å². The first-order valence-electron chi connectivity index (χ1n) is 13.2. The zero-order chi connectivity index (χ0) is 29.6. The molecule has 0 saturated carbocycles. The van der Waals surface area contributed by atoms with Gasteiger partial charge in [-0.25, -0.2) is 9.97 Å². The van der Waals surface area contributed by atoms with Crippen molar-refractivity contribution in [3.05, 3.63) is 38.9 Å². The number of rotatable bonds is 9. The second kappa shape index (κ2) is 13.5. The number of ether oxygens (including phenoxy) is 1. The van der Waals surface area contributed by atoms with Crippen molar-refractivity contribution in [3.8, 4) is 0 Å². The third-order valence-electron chi connectivity index (χ3n) is 6.29. The molecule has 0 fully saturated rings. The largest absolute Gasteiger partial charge is 0.460 e. The second-order valence-corrected chi connectivity index (χ2v) is 12.6. The molecule has 0 radical (unpaired) electrons. The number of hydrogen-bond acceptors (Lipinski definition) is 9. The lowest BCUT2D eigenvalue weighted by molar-refractivity contribution is -0.159. The molecule has 13 heteroatoms. The molecule has 2 aromatic rings. The Morgan fingerprint density at radius 1 is 1.12 bits per heavy atom. The van der Waals surface area contributed by atoms with Crippen LogP contribution in [0.2, 0.25) is 5.02 Å². The van der Waals surface area contributed by atoms with E-state index in [1.165, 1.54) is 29.7 Å². The Labute approximate surface area is 243 Å². The first-order chi connectivity index (χ1) is 18.7. The highest BCUT2D eigenvalue weighted by Gasteiger charge is 2.29. The molecule has 40 heavy (non-hydrogen) atoms. The molecule has 1 aliphatic heterocycles. The third kappa shape index (κ3) is 9.24. The van der Waals surface area contributed by atoms with Crippen LogP contribution in [0.1, 0.15) is 67.8 Å². The minimum atomic E-state index is -0.921. The minimum Gasteiger partial charge on any atom is -0.460 e. The van der Waals surface area contributed by atoms with Crippen LogP contribution in [0.5, 0.6) is 0 Å². The highest BCUT2D eigenvalue weighted by atomic mass is 35.5. The fourth-order valence-electron chi connectivity index (χ4n) is 4.04. The average Bonchev–Trinajstić information content (AvgIpc) is 3.29. The van der Waals surface area contributed by atoms with E-state index in [0.29, 0.717) is 22.9 Å². The molecule has 0 bridgehead atoms. The Bertz CT molecular complexity index is 1230. The monoisotopic (exact) mass is 592 g/mol. The van der Waals surface area contributed by atoms with E-state index >= 15 is 0 Å². The number of anilines is 1. The number of halogens is 1. The Hall–Kier alpha value is -3.09. The van der Waals surface area contributed by atoms with Crippen LogP contribution in [0.4, 0.5) is 5.82 Å². The van der Waals surface area contributed by atoms with E-state index in [1.807, 2.05) is 7.05 Å². The van der Waals surface area contributed by atoms with Crippen LogP contribution in [0, 0.1) is 5.92 Å². The number of hydrogen-bond donors (Lipinski definition) is 3. The van der Waals surface area contributed by atoms with E-state index in [4.69, 9.17) is 16.3 Å². The fourth-order valence-corrected chi connectivity index (χ4v) is 5.25. The molecular weight excluding hydrogens is 556 g/mol. The highest BCUT2D eigenvalue weighted by molar-refractivity contribution is 7.13. The van der Waals surface area contributed by atoms with Gasteiger partial charge in [0.1, 0.15) is 11.4 Å². The summed E-state index contributed by atoms with van der Waals surface area (Å²) in [5.74, 6) is -2.84. The maximum Gasteiger partial charge on any atom is 0.314 e. The number of esters is 1. The Morgan fingerprint density at radius 2 is 1.85 bits per heavy atom. The van der Waals surface area contributed by atoms with Gasteiger partial charge < -0.3 is 25.6 Å². The van der Waals surface area contributed by atoms with Crippen LogP contribution in [0.3, 0.4) is 0 Å². The second-order valence-electron chi connectivity index (χ2n) is 11.0. The summed E-state index contributed by atoms with van der Waals surface area (Å²) in [7, 11) is 2.02. The number of fused-ring (bicyclic) bond motifs is 1. The summed E-state index contributed by atoms with van der Waals surface area (Å²) in [6.07, 6.45) is 2.80. The summed E-state index contributed by atoms with van der Waals surface area (Å²) in [5.41, 5.74) is 0.305. The maximum absolute atomic E-state index is 13.1. The maximum atomic E-state index is 13.1. The number of carbonyl (C=O) groups is 4. The lowest BCUT2D eigenvalue weighted by Crippen LogP contribution is -2.52. The van der Waals surface area contributed by atoms with Crippen LogP contribution < -0.4 is 16.0 Å². The number of pyridine rings is 1. The summed E-state index contributed by atoms with van der Waals surface area (Å²) in [6, 6.07) is 1.77. The zero-order valence-electron chi connectivity index (χ0n) is 23.7. The molecule has 3 heterocycles. The van der Waals surface area contributed by atoms with Gasteiger partial charge >= 0.3 is 17.8 Å². The molecule has 0 aromatic carbocycles. The van der Waals surface area contributed by atoms with E-state index in [1.54, 1.807) is 34.6 Å². The first kappa shape index (κ1) is 31.4. The van der Waals surface area contributed by atoms with Gasteiger partial charge in [-0.15, -0.1) is 11.3 Å². The van der Waals surface area contributed by atoms with Crippen LogP contribution in [-0.2, 0) is 32.1 Å². The van der Waals surface area contributed by atoms with E-state index in [9.17, 15) is 19.2 Å². The van der Waals surface area contributed by atoms with Gasteiger partial charge in [-0.2, -0.15) is 0 Å². The van der Waals surface area contributed by atoms with Gasteiger partial charge in [0.05, 0.1) is 16.6 Å². The number of likely N-dealkylation sites (N-methyl/N-ethyl adjacent to an activating group) is 1. The molecule has 3 rings (SSSR count). The summed E-state index contributed by atoms with van der Waals surface area (Å²) in [6.45, 7) is 10.5. The molecule has 0 saturated heterocycles. The molecule has 11 nitrogen and oxygen atoms in total. The van der Waals surface area contributed by atoms with E-state index in [-0.39, 0.29) is 17.7 Å². The smallest absolute Gasteiger partial charge is 0.314 e. The molecular formula is C27H37ClN6O5S. The number of nitrogens with one attached hydrogen (secondary N) is 3. The van der Waals surface area contributed by atoms with Crippen LogP contribution in [-0.4, -0.2) is 69.8 Å². The topological polar surface area (TPSA) is 143 Å². The lowest BCUT2D eigenvalue weighted by Gasteiger charge is -2.27. The number of nitrogens with zero attached hydrogens (tertiary/aromatic N) is 3. The molecule has 0 unspecified atom stereocenters. The standard InChI is InChI=1S/C27H37ClN6O5S/c1-15(26(38)39-27(3,4)5)7-9-18(31-22(35)23(36)33-21-10-8-17(28)13-29-21)16(2)30-24(37)25-32-19-11-12-34(6)14-20(19)40-25/h8,10,13,15-16,18H,7,9,11-12,14H2,1-6H3,(H,30,37)(H,31,35)(H,29,33,36)/t15-,16-,18+/m1/s1. The third-order valence-corrected chi connectivity index (χ3v) is 7.59. The van der Waals surface area contributed by atoms with Crippen molar-refractivity contribution in [2.45, 2.75) is 78.1 Å². The van der Waals surface area contributed by atoms with Gasteiger partial charge in [0.25, 0.3) is 5.91 Å². The van der Waals surface area contributed by atoms with Crippen LogP contribution >= 0.6 is 22.9 Å². The summed E-state index contributed by atoms with van der Waals surface area (Å²) in [4.78, 5) is 62.7. The van der Waals surface area contributed by atoms with Gasteiger partial charge in [0.2, 0.25) is 0 Å². The van der Waals surface area contributed by atoms with Gasteiger partial charge in [-0.1, -0.05) is 18.5 Å². The van der Waals surface area contributed by atoms with Crippen molar-refractivity contribution >= 4 is 52.4 Å². The Kier molecular flexibility index (Phi) is 10.6. The number of thiazole rings is 1. The van der Waals surface area contributed by atoms with Gasteiger partial charge in [-0.3, -0.25) is 19.2 Å². The van der Waals surface area contributed by atoms with Crippen molar-refractivity contribution in [3.63, 3.8) is 0 Å². The molecule has 0 aliphatic carbocycles. The number of amides is 3. The first-order valence-corrected chi connectivity index (χ1v) is 14.4. The van der Waals surface area contributed by atoms with Crippen molar-refractivity contribution in [1.82, 2.24) is 25.5 Å². The number of carbonyl (C=O) groups excluding carboxylic acids is 4. The Balaban J connectivity index is 1.69. The molecule has 2 aromatic heterocycles. The fraction of sp³-hybridized carbons (Fsp3) is 0.556. The molecule has 3 amide bonds. The van der Waals surface area contributed by atoms with Gasteiger partial charge in [0, 0.05) is 42.7 Å². The number of aromatic nitrogens is 2. The minimum absolute atomic E-state index is 0.166. The van der Waals surface area contributed by atoms with Crippen molar-refractivity contribution in [1.29, 1.82) is 0 Å². The normalized spacial score (nSPS) is 15.8. The van der Waals surface area contributed by atoms with E-state index < -0.39 is 35.4 Å². The quantitative estimate of drug-likeness (QED) is 0.298. The van der Waals surface area contributed by atoms with Gasteiger partial charge in [-0.05, 0) is 59.7 Å². The summed E-state index contributed by atoms with van der Waals surface area (Å²) >= 11 is 7.18. The summed E-state index contributed by atoms with van der Waals surface area (Å²) in [5, 5.41) is 8.79. The highest BCUT2D eigenvalue weighted by Crippen LogP contribution is 2.25. The predicted molar refractivity (Wildman–Crippen MR) is 153 cm³/mol. The average molecular weight is 593 g/mol. The van der Waals surface area contributed by atoms with Crippen molar-refractivity contribution < 1.29 is 23.9 Å². The van der Waals surface area contributed by atoms with Crippen molar-refractivity contribution in [2.24, 2.45) is 5.92 Å². The lowest BCUT2D eigenvalue weighted by atomic mass is 9.97. The molecule has 0 spiro atoms. The molecule has 3 atom stereocenters. The van der Waals surface area contributed by atoms with E-state index in [0.717, 1.165) is 30.1 Å². The molecule has 218 valence electrons. The summed E-state index contributed by atoms with van der Waals surface area (Å²) < 4.78 is 5.47. The van der Waals surface area contributed by atoms with Crippen molar-refractivity contribution in [2.75, 3.05) is 18.9 Å². The molecule has 3 N–H and O–H groups in total. The Morgan fingerprint density at radius 3 is 2.50 bits per heavy atom. The predicted octanol–water partition coefficient (Wildman–Crippen LogP) is 3.18. The van der Waals surface area contributed by atoms with Gasteiger partial charge in [0.15, 0.2) is 5.01 Å². The SMILES string of the molecule is C[C@H](CC[C@H](NC(=O)C(=O)Nc1ccc(Cl)cn1)[C@@H](C)NC(=O)c1nc2c(s1)CN(C)CC2)C(=O)OC(C)(C)C.